The molecule has 33 heavy (non-hydrogen) atoms. The Kier molecular flexibility index (Phi) is 11.6. The molecule has 0 radical (unpaired) electrons. The standard InChI is InChI=1S/C18H28ClN3O3S.C2HF3O2/c1-15(2)7-10-21(18(23)16-3-5-17(19)6-4-16)13-14-26(24,25)22-11-8-20-9-12-22;3-2(4,5)1(6)7/h3-6,15,20H,7-14H2,1-2H3;(H,6,7). The molecule has 0 bridgehead atoms. The van der Waals surface area contributed by atoms with Crippen LogP contribution in [0.4, 0.5) is 13.2 Å². The van der Waals surface area contributed by atoms with Gasteiger partial charge in [-0.2, -0.15) is 17.5 Å². The number of amides is 1. The van der Waals surface area contributed by atoms with E-state index in [1.54, 1.807) is 29.2 Å². The van der Waals surface area contributed by atoms with Gasteiger partial charge in [-0.3, -0.25) is 4.79 Å². The summed E-state index contributed by atoms with van der Waals surface area (Å²) in [6.07, 6.45) is -4.26. The zero-order valence-corrected chi connectivity index (χ0v) is 20.0. The summed E-state index contributed by atoms with van der Waals surface area (Å²) in [7, 11) is -3.36. The van der Waals surface area contributed by atoms with E-state index in [9.17, 15) is 26.4 Å². The zero-order valence-electron chi connectivity index (χ0n) is 18.4. The van der Waals surface area contributed by atoms with Crippen molar-refractivity contribution in [3.8, 4) is 0 Å². The molecule has 0 atom stereocenters. The minimum absolute atomic E-state index is 0.0512. The second kappa shape index (κ2) is 13.1. The molecule has 13 heteroatoms. The van der Waals surface area contributed by atoms with E-state index in [4.69, 9.17) is 21.5 Å². The summed E-state index contributed by atoms with van der Waals surface area (Å²) in [6.45, 7) is 7.21. The number of sulfonamides is 1. The van der Waals surface area contributed by atoms with Crippen molar-refractivity contribution in [1.29, 1.82) is 0 Å². The summed E-state index contributed by atoms with van der Waals surface area (Å²) in [5.74, 6) is -2.53. The van der Waals surface area contributed by atoms with Gasteiger partial charge in [-0.1, -0.05) is 25.4 Å². The summed E-state index contributed by atoms with van der Waals surface area (Å²) >= 11 is 5.89. The summed E-state index contributed by atoms with van der Waals surface area (Å²) < 4.78 is 58.4. The van der Waals surface area contributed by atoms with Crippen molar-refractivity contribution in [1.82, 2.24) is 14.5 Å². The fourth-order valence-corrected chi connectivity index (χ4v) is 4.36. The molecule has 0 unspecified atom stereocenters. The molecule has 1 amide bonds. The Labute approximate surface area is 196 Å². The number of rotatable bonds is 8. The van der Waals surface area contributed by atoms with Gasteiger partial charge in [0.2, 0.25) is 10.0 Å². The zero-order chi connectivity index (χ0) is 25.2. The van der Waals surface area contributed by atoms with Crippen molar-refractivity contribution in [2.75, 3.05) is 45.0 Å². The molecule has 1 heterocycles. The van der Waals surface area contributed by atoms with Crippen molar-refractivity contribution in [2.24, 2.45) is 5.92 Å². The summed E-state index contributed by atoms with van der Waals surface area (Å²) in [5.41, 5.74) is 0.526. The van der Waals surface area contributed by atoms with Gasteiger partial charge in [0.15, 0.2) is 0 Å². The number of aliphatic carboxylic acids is 1. The predicted molar refractivity (Wildman–Crippen MR) is 119 cm³/mol. The number of halogens is 4. The van der Waals surface area contributed by atoms with E-state index in [1.165, 1.54) is 4.31 Å². The molecule has 2 N–H and O–H groups in total. The Bertz CT molecular complexity index is 874. The number of piperazine rings is 1. The van der Waals surface area contributed by atoms with Gasteiger partial charge >= 0.3 is 12.1 Å². The number of carboxylic acids is 1. The fourth-order valence-electron chi connectivity index (χ4n) is 2.78. The van der Waals surface area contributed by atoms with Gasteiger partial charge in [0.25, 0.3) is 5.91 Å². The molecule has 0 aromatic heterocycles. The van der Waals surface area contributed by atoms with E-state index < -0.39 is 22.2 Å². The second-order valence-corrected chi connectivity index (χ2v) is 10.3. The van der Waals surface area contributed by atoms with E-state index in [0.717, 1.165) is 6.42 Å². The molecule has 1 saturated heterocycles. The van der Waals surface area contributed by atoms with Gasteiger partial charge in [-0.25, -0.2) is 13.2 Å². The average Bonchev–Trinajstić information content (AvgIpc) is 2.74. The summed E-state index contributed by atoms with van der Waals surface area (Å²) in [5, 5.41) is 10.8. The van der Waals surface area contributed by atoms with Crippen molar-refractivity contribution in [2.45, 2.75) is 26.4 Å². The maximum atomic E-state index is 12.8. The number of carboxylic acid groups (broad SMARTS) is 1. The van der Waals surface area contributed by atoms with E-state index >= 15 is 0 Å². The lowest BCUT2D eigenvalue weighted by Gasteiger charge is -2.29. The first-order valence-electron chi connectivity index (χ1n) is 10.3. The molecule has 1 aromatic carbocycles. The van der Waals surface area contributed by atoms with Crippen LogP contribution in [0.5, 0.6) is 0 Å². The highest BCUT2D eigenvalue weighted by molar-refractivity contribution is 7.89. The number of hydrogen-bond donors (Lipinski definition) is 2. The monoisotopic (exact) mass is 515 g/mol. The maximum absolute atomic E-state index is 12.8. The van der Waals surface area contributed by atoms with Crippen molar-refractivity contribution < 1.29 is 36.3 Å². The van der Waals surface area contributed by atoms with E-state index in [0.29, 0.717) is 49.2 Å². The SMILES string of the molecule is CC(C)CCN(CCS(=O)(=O)N1CCNCC1)C(=O)c1ccc(Cl)cc1.O=C(O)C(F)(F)F. The van der Waals surface area contributed by atoms with Crippen molar-refractivity contribution in [3.63, 3.8) is 0 Å². The highest BCUT2D eigenvalue weighted by Gasteiger charge is 2.38. The van der Waals surface area contributed by atoms with Gasteiger partial charge in [-0.05, 0) is 36.6 Å². The van der Waals surface area contributed by atoms with Crippen LogP contribution < -0.4 is 5.32 Å². The fraction of sp³-hybridized carbons (Fsp3) is 0.600. The first-order chi connectivity index (χ1) is 15.2. The Morgan fingerprint density at radius 2 is 1.67 bits per heavy atom. The van der Waals surface area contributed by atoms with E-state index in [1.807, 2.05) is 0 Å². The number of carbonyl (C=O) groups is 2. The molecule has 0 saturated carbocycles. The van der Waals surface area contributed by atoms with Crippen LogP contribution in [0.2, 0.25) is 5.02 Å². The molecular formula is C20H29ClF3N3O5S. The predicted octanol–water partition coefficient (Wildman–Crippen LogP) is 2.70. The van der Waals surface area contributed by atoms with Gasteiger partial charge in [0, 0.05) is 49.9 Å². The average molecular weight is 516 g/mol. The molecular weight excluding hydrogens is 487 g/mol. The smallest absolute Gasteiger partial charge is 0.475 e. The molecule has 1 fully saturated rings. The lowest BCUT2D eigenvalue weighted by Crippen LogP contribution is -2.48. The van der Waals surface area contributed by atoms with Crippen LogP contribution >= 0.6 is 11.6 Å². The van der Waals surface area contributed by atoms with E-state index in [-0.39, 0.29) is 18.2 Å². The normalized spacial score (nSPS) is 15.0. The second-order valence-electron chi connectivity index (χ2n) is 7.75. The molecule has 1 aliphatic heterocycles. The summed E-state index contributed by atoms with van der Waals surface area (Å²) in [4.78, 5) is 23.4. The molecule has 188 valence electrons. The summed E-state index contributed by atoms with van der Waals surface area (Å²) in [6, 6.07) is 6.70. The van der Waals surface area contributed by atoms with Gasteiger partial charge < -0.3 is 15.3 Å². The van der Waals surface area contributed by atoms with Crippen LogP contribution in [-0.4, -0.2) is 85.8 Å². The quantitative estimate of drug-likeness (QED) is 0.551. The third-order valence-corrected chi connectivity index (χ3v) is 6.79. The Morgan fingerprint density at radius 1 is 1.15 bits per heavy atom. The van der Waals surface area contributed by atoms with Crippen LogP contribution in [-0.2, 0) is 14.8 Å². The molecule has 2 rings (SSSR count). The highest BCUT2D eigenvalue weighted by atomic mass is 35.5. The van der Waals surface area contributed by atoms with Crippen LogP contribution in [0.25, 0.3) is 0 Å². The van der Waals surface area contributed by atoms with E-state index in [2.05, 4.69) is 19.2 Å². The number of benzene rings is 1. The number of carbonyl (C=O) groups excluding carboxylic acids is 1. The maximum Gasteiger partial charge on any atom is 0.490 e. The van der Waals surface area contributed by atoms with Gasteiger partial charge in [0.05, 0.1) is 5.75 Å². The Morgan fingerprint density at radius 3 is 2.12 bits per heavy atom. The third kappa shape index (κ3) is 10.7. The first-order valence-corrected chi connectivity index (χ1v) is 12.3. The Balaban J connectivity index is 0.000000675. The molecule has 0 aliphatic carbocycles. The lowest BCUT2D eigenvalue weighted by molar-refractivity contribution is -0.192. The first kappa shape index (κ1) is 29.1. The van der Waals surface area contributed by atoms with Crippen LogP contribution in [0.3, 0.4) is 0 Å². The molecule has 1 aromatic rings. The third-order valence-electron chi connectivity index (χ3n) is 4.69. The minimum Gasteiger partial charge on any atom is -0.475 e. The number of alkyl halides is 3. The largest absolute Gasteiger partial charge is 0.490 e. The van der Waals surface area contributed by atoms with Crippen molar-refractivity contribution in [3.05, 3.63) is 34.9 Å². The van der Waals surface area contributed by atoms with Crippen molar-refractivity contribution >= 4 is 33.5 Å². The molecule has 0 spiro atoms. The highest BCUT2D eigenvalue weighted by Crippen LogP contribution is 2.14. The molecule has 8 nitrogen and oxygen atoms in total. The van der Waals surface area contributed by atoms with Gasteiger partial charge in [-0.15, -0.1) is 0 Å². The molecule has 1 aliphatic rings. The van der Waals surface area contributed by atoms with Crippen LogP contribution in [0.1, 0.15) is 30.6 Å². The number of nitrogens with one attached hydrogen (secondary N) is 1. The minimum atomic E-state index is -5.08. The van der Waals surface area contributed by atoms with Gasteiger partial charge in [0.1, 0.15) is 0 Å². The topological polar surface area (TPSA) is 107 Å². The lowest BCUT2D eigenvalue weighted by atomic mass is 10.1. The number of nitrogens with zero attached hydrogens (tertiary/aromatic N) is 2. The van der Waals surface area contributed by atoms with Crippen LogP contribution in [0, 0.1) is 5.92 Å². The Hall–Kier alpha value is -1.89. The van der Waals surface area contributed by atoms with Crippen LogP contribution in [0.15, 0.2) is 24.3 Å². The number of hydrogen-bond acceptors (Lipinski definition) is 5.